The Hall–Kier alpha value is -2.63. The molecule has 1 aromatic heterocycles. The third-order valence-electron chi connectivity index (χ3n) is 4.48. The number of anilines is 4. The van der Waals surface area contributed by atoms with Crippen LogP contribution in [0.25, 0.3) is 0 Å². The van der Waals surface area contributed by atoms with Crippen molar-refractivity contribution in [2.45, 2.75) is 25.7 Å². The molecular weight excluding hydrogens is 302 g/mol. The van der Waals surface area contributed by atoms with Gasteiger partial charge in [-0.3, -0.25) is 4.79 Å². The Morgan fingerprint density at radius 1 is 1.08 bits per heavy atom. The zero-order valence-electron chi connectivity index (χ0n) is 13.5. The van der Waals surface area contributed by atoms with Gasteiger partial charge in [-0.25, -0.2) is 0 Å². The first kappa shape index (κ1) is 14.9. The van der Waals surface area contributed by atoms with Gasteiger partial charge < -0.3 is 15.5 Å². The topological polar surface area (TPSA) is 70.2 Å². The average Bonchev–Trinajstić information content (AvgIpc) is 3.32. The van der Waals surface area contributed by atoms with E-state index in [4.69, 9.17) is 0 Å². The minimum absolute atomic E-state index is 0.125. The van der Waals surface area contributed by atoms with E-state index in [1.165, 1.54) is 12.8 Å². The molecule has 2 heterocycles. The zero-order valence-corrected chi connectivity index (χ0v) is 13.5. The molecular formula is C18H21N5O. The van der Waals surface area contributed by atoms with Gasteiger partial charge in [0.15, 0.2) is 5.82 Å². The average molecular weight is 323 g/mol. The molecule has 0 atom stereocenters. The van der Waals surface area contributed by atoms with Gasteiger partial charge in [0.2, 0.25) is 5.91 Å². The van der Waals surface area contributed by atoms with Crippen molar-refractivity contribution in [3.63, 3.8) is 0 Å². The largest absolute Gasteiger partial charge is 0.370 e. The van der Waals surface area contributed by atoms with Gasteiger partial charge in [0.25, 0.3) is 0 Å². The summed E-state index contributed by atoms with van der Waals surface area (Å²) in [4.78, 5) is 14.1. The smallest absolute Gasteiger partial charge is 0.227 e. The quantitative estimate of drug-likeness (QED) is 0.884. The summed E-state index contributed by atoms with van der Waals surface area (Å²) in [6.07, 6.45) is 6.31. The second-order valence-electron chi connectivity index (χ2n) is 6.46. The summed E-state index contributed by atoms with van der Waals surface area (Å²) >= 11 is 0. The Kier molecular flexibility index (Phi) is 4.02. The van der Waals surface area contributed by atoms with Gasteiger partial charge >= 0.3 is 0 Å². The van der Waals surface area contributed by atoms with E-state index in [2.05, 4.69) is 25.7 Å². The van der Waals surface area contributed by atoms with Crippen LogP contribution in [0.2, 0.25) is 0 Å². The Bertz CT molecular complexity index is 720. The minimum atomic E-state index is 0.125. The number of aromatic nitrogens is 2. The first-order valence-corrected chi connectivity index (χ1v) is 8.53. The predicted octanol–water partition coefficient (Wildman–Crippen LogP) is 3.17. The van der Waals surface area contributed by atoms with Crippen LogP contribution < -0.4 is 15.5 Å². The van der Waals surface area contributed by atoms with Crippen molar-refractivity contribution in [2.24, 2.45) is 5.92 Å². The summed E-state index contributed by atoms with van der Waals surface area (Å²) in [6.45, 7) is 2.17. The van der Waals surface area contributed by atoms with Crippen molar-refractivity contribution in [1.82, 2.24) is 10.2 Å². The Balaban J connectivity index is 1.41. The van der Waals surface area contributed by atoms with Crippen LogP contribution in [-0.2, 0) is 4.79 Å². The van der Waals surface area contributed by atoms with Crippen LogP contribution in [0, 0.1) is 5.92 Å². The number of carbonyl (C=O) groups excluding carboxylic acids is 1. The van der Waals surface area contributed by atoms with E-state index < -0.39 is 0 Å². The molecule has 124 valence electrons. The molecule has 1 amide bonds. The molecule has 1 aliphatic carbocycles. The highest BCUT2D eigenvalue weighted by molar-refractivity contribution is 5.94. The minimum Gasteiger partial charge on any atom is -0.370 e. The fourth-order valence-corrected chi connectivity index (χ4v) is 2.94. The molecule has 0 unspecified atom stereocenters. The third kappa shape index (κ3) is 3.48. The van der Waals surface area contributed by atoms with Crippen LogP contribution in [0.1, 0.15) is 25.7 Å². The first-order valence-electron chi connectivity index (χ1n) is 8.53. The van der Waals surface area contributed by atoms with Crippen LogP contribution in [0.3, 0.4) is 0 Å². The fraction of sp³-hybridized carbons (Fsp3) is 0.389. The molecule has 6 nitrogen and oxygen atoms in total. The second kappa shape index (κ2) is 6.47. The van der Waals surface area contributed by atoms with Crippen molar-refractivity contribution >= 4 is 28.8 Å². The van der Waals surface area contributed by atoms with Gasteiger partial charge in [-0.2, -0.15) is 5.10 Å². The van der Waals surface area contributed by atoms with E-state index in [1.807, 2.05) is 36.5 Å². The molecule has 24 heavy (non-hydrogen) atoms. The van der Waals surface area contributed by atoms with E-state index in [-0.39, 0.29) is 11.8 Å². The van der Waals surface area contributed by atoms with Crippen molar-refractivity contribution in [2.75, 3.05) is 28.6 Å². The molecule has 1 aliphatic heterocycles. The Morgan fingerprint density at radius 2 is 1.79 bits per heavy atom. The highest BCUT2D eigenvalue weighted by atomic mass is 16.2. The summed E-state index contributed by atoms with van der Waals surface area (Å²) in [5.41, 5.74) is 2.86. The summed E-state index contributed by atoms with van der Waals surface area (Å²) in [5, 5.41) is 14.5. The highest BCUT2D eigenvalue weighted by Gasteiger charge is 2.29. The van der Waals surface area contributed by atoms with Crippen molar-refractivity contribution in [1.29, 1.82) is 0 Å². The van der Waals surface area contributed by atoms with E-state index >= 15 is 0 Å². The molecule has 6 heteroatoms. The number of hydrogen-bond donors (Lipinski definition) is 2. The maximum absolute atomic E-state index is 11.8. The summed E-state index contributed by atoms with van der Waals surface area (Å²) in [6, 6.07) is 9.71. The molecule has 1 aromatic carbocycles. The number of hydrogen-bond acceptors (Lipinski definition) is 5. The monoisotopic (exact) mass is 323 g/mol. The summed E-state index contributed by atoms with van der Waals surface area (Å²) in [5.74, 6) is 1.07. The maximum Gasteiger partial charge on any atom is 0.227 e. The molecule has 1 saturated heterocycles. The number of carbonyl (C=O) groups is 1. The number of nitrogens with zero attached hydrogens (tertiary/aromatic N) is 3. The van der Waals surface area contributed by atoms with Gasteiger partial charge in [-0.05, 0) is 49.9 Å². The van der Waals surface area contributed by atoms with Crippen LogP contribution >= 0.6 is 0 Å². The highest BCUT2D eigenvalue weighted by Crippen LogP contribution is 2.30. The van der Waals surface area contributed by atoms with Gasteiger partial charge in [-0.15, -0.1) is 5.10 Å². The zero-order chi connectivity index (χ0) is 16.4. The lowest BCUT2D eigenvalue weighted by Crippen LogP contribution is -2.18. The van der Waals surface area contributed by atoms with Gasteiger partial charge in [0.1, 0.15) is 0 Å². The van der Waals surface area contributed by atoms with Gasteiger partial charge in [0, 0.05) is 36.4 Å². The summed E-state index contributed by atoms with van der Waals surface area (Å²) < 4.78 is 0. The van der Waals surface area contributed by atoms with Crippen LogP contribution in [-0.4, -0.2) is 29.2 Å². The van der Waals surface area contributed by atoms with Gasteiger partial charge in [-0.1, -0.05) is 0 Å². The first-order chi connectivity index (χ1) is 11.8. The SMILES string of the molecule is O=C(Nc1ccc(Nc2cc(N3CCCC3)cnn2)cc1)C1CC1. The lowest BCUT2D eigenvalue weighted by Gasteiger charge is -2.17. The Labute approximate surface area is 141 Å². The maximum atomic E-state index is 11.8. The van der Waals surface area contributed by atoms with Crippen LogP contribution in [0.5, 0.6) is 0 Å². The molecule has 2 aliphatic rings. The lowest BCUT2D eigenvalue weighted by molar-refractivity contribution is -0.117. The van der Waals surface area contributed by atoms with Gasteiger partial charge in [0.05, 0.1) is 11.9 Å². The fourth-order valence-electron chi connectivity index (χ4n) is 2.94. The summed E-state index contributed by atoms with van der Waals surface area (Å²) in [7, 11) is 0. The molecule has 1 saturated carbocycles. The number of rotatable bonds is 5. The number of nitrogens with one attached hydrogen (secondary N) is 2. The van der Waals surface area contributed by atoms with Crippen molar-refractivity contribution < 1.29 is 4.79 Å². The van der Waals surface area contributed by atoms with Crippen LogP contribution in [0.4, 0.5) is 22.9 Å². The molecule has 2 fully saturated rings. The Morgan fingerprint density at radius 3 is 2.50 bits per heavy atom. The van der Waals surface area contributed by atoms with E-state index in [0.29, 0.717) is 0 Å². The molecule has 2 N–H and O–H groups in total. The van der Waals surface area contributed by atoms with E-state index in [9.17, 15) is 4.79 Å². The number of benzene rings is 1. The van der Waals surface area contributed by atoms with Crippen LogP contribution in [0.15, 0.2) is 36.5 Å². The molecule has 0 bridgehead atoms. The molecule has 0 radical (unpaired) electrons. The molecule has 0 spiro atoms. The third-order valence-corrected chi connectivity index (χ3v) is 4.48. The van der Waals surface area contributed by atoms with E-state index in [0.717, 1.165) is 48.8 Å². The van der Waals surface area contributed by atoms with E-state index in [1.54, 1.807) is 0 Å². The number of amides is 1. The lowest BCUT2D eigenvalue weighted by atomic mass is 10.2. The molecule has 2 aromatic rings. The second-order valence-corrected chi connectivity index (χ2v) is 6.46. The van der Waals surface area contributed by atoms with Crippen molar-refractivity contribution in [3.05, 3.63) is 36.5 Å². The van der Waals surface area contributed by atoms with Crippen molar-refractivity contribution in [3.8, 4) is 0 Å². The predicted molar refractivity (Wildman–Crippen MR) is 94.6 cm³/mol. The molecule has 4 rings (SSSR count). The normalized spacial score (nSPS) is 16.9. The standard InChI is InChI=1S/C18H21N5O/c24-18(13-3-4-13)21-15-7-5-14(6-8-15)20-17-11-16(12-19-22-17)23-9-1-2-10-23/h5-8,11-13H,1-4,9-10H2,(H,20,22)(H,21,24).